The van der Waals surface area contributed by atoms with Crippen LogP contribution in [0.25, 0.3) is 0 Å². The van der Waals surface area contributed by atoms with Crippen LogP contribution in [-0.4, -0.2) is 41.5 Å². The molecular weight excluding hydrogens is 326 g/mol. The molecule has 2 atom stereocenters. The fourth-order valence-corrected chi connectivity index (χ4v) is 4.15. The van der Waals surface area contributed by atoms with Crippen molar-refractivity contribution in [3.8, 4) is 0 Å². The second-order valence-corrected chi connectivity index (χ2v) is 7.40. The van der Waals surface area contributed by atoms with E-state index in [0.717, 1.165) is 12.8 Å². The first-order valence-electron chi connectivity index (χ1n) is 9.02. The molecule has 1 aliphatic heterocycles. The summed E-state index contributed by atoms with van der Waals surface area (Å²) in [7, 11) is 0. The third-order valence-electron chi connectivity index (χ3n) is 5.77. The van der Waals surface area contributed by atoms with E-state index in [2.05, 4.69) is 0 Å². The molecule has 2 unspecified atom stereocenters. The Morgan fingerprint density at radius 1 is 1.24 bits per heavy atom. The average molecular weight is 352 g/mol. The Labute approximate surface area is 147 Å². The van der Waals surface area contributed by atoms with E-state index in [0.29, 0.717) is 31.1 Å². The number of carbonyl (C=O) groups excluding carboxylic acids is 1. The number of halogens is 2. The van der Waals surface area contributed by atoms with Crippen LogP contribution >= 0.6 is 0 Å². The molecule has 0 bridgehead atoms. The zero-order valence-electron chi connectivity index (χ0n) is 14.3. The maximum atomic E-state index is 13.8. The van der Waals surface area contributed by atoms with Crippen molar-refractivity contribution >= 4 is 5.91 Å². The number of nitrogens with zero attached hydrogens (tertiary/aromatic N) is 1. The summed E-state index contributed by atoms with van der Waals surface area (Å²) in [6.07, 6.45) is 0.976. The molecule has 2 aliphatic rings. The van der Waals surface area contributed by atoms with Gasteiger partial charge in [0.1, 0.15) is 0 Å². The highest BCUT2D eigenvalue weighted by atomic mass is 19.3. The summed E-state index contributed by atoms with van der Waals surface area (Å²) >= 11 is 0. The topological polar surface area (TPSA) is 66.6 Å². The van der Waals surface area contributed by atoms with Crippen molar-refractivity contribution in [1.82, 2.24) is 4.90 Å². The molecule has 0 spiro atoms. The zero-order valence-corrected chi connectivity index (χ0v) is 14.3. The maximum Gasteiger partial charge on any atom is 0.259 e. The van der Waals surface area contributed by atoms with Gasteiger partial charge in [0, 0.05) is 31.8 Å². The van der Waals surface area contributed by atoms with Gasteiger partial charge in [0.25, 0.3) is 5.91 Å². The van der Waals surface area contributed by atoms with Crippen molar-refractivity contribution in [2.45, 2.75) is 43.6 Å². The van der Waals surface area contributed by atoms with Crippen LogP contribution in [0.5, 0.6) is 0 Å². The molecule has 1 aromatic carbocycles. The van der Waals surface area contributed by atoms with Gasteiger partial charge < -0.3 is 15.7 Å². The van der Waals surface area contributed by atoms with Crippen molar-refractivity contribution in [3.63, 3.8) is 0 Å². The molecule has 1 aliphatic carbocycles. The van der Waals surface area contributed by atoms with Crippen LogP contribution in [0.1, 0.15) is 37.7 Å². The molecule has 1 saturated carbocycles. The third kappa shape index (κ3) is 3.55. The number of aliphatic hydroxyl groups is 1. The van der Waals surface area contributed by atoms with Gasteiger partial charge in [-0.15, -0.1) is 0 Å². The third-order valence-corrected chi connectivity index (χ3v) is 5.77. The SMILES string of the molecule is NCC1CCN(C(=O)C(O)(c2ccccc2)C2CCC(F)(F)C2)CC1. The summed E-state index contributed by atoms with van der Waals surface area (Å²) in [5.41, 5.74) is 4.21. The van der Waals surface area contributed by atoms with Gasteiger partial charge in [0.05, 0.1) is 0 Å². The van der Waals surface area contributed by atoms with Crippen LogP contribution in [0.2, 0.25) is 0 Å². The number of nitrogens with two attached hydrogens (primary N) is 1. The Kier molecular flexibility index (Phi) is 5.11. The van der Waals surface area contributed by atoms with Crippen molar-refractivity contribution in [3.05, 3.63) is 35.9 Å². The van der Waals surface area contributed by atoms with Gasteiger partial charge in [-0.25, -0.2) is 8.78 Å². The fraction of sp³-hybridized carbons (Fsp3) is 0.632. The first kappa shape index (κ1) is 18.3. The highest BCUT2D eigenvalue weighted by molar-refractivity contribution is 5.87. The van der Waals surface area contributed by atoms with E-state index in [1.165, 1.54) is 0 Å². The lowest BCUT2D eigenvalue weighted by molar-refractivity contribution is -0.161. The van der Waals surface area contributed by atoms with Gasteiger partial charge in [0.2, 0.25) is 5.92 Å². The van der Waals surface area contributed by atoms with E-state index in [4.69, 9.17) is 5.73 Å². The van der Waals surface area contributed by atoms with E-state index in [1.807, 2.05) is 0 Å². The van der Waals surface area contributed by atoms with E-state index in [-0.39, 0.29) is 12.8 Å². The minimum atomic E-state index is -2.82. The summed E-state index contributed by atoms with van der Waals surface area (Å²) in [4.78, 5) is 14.8. The lowest BCUT2D eigenvalue weighted by Crippen LogP contribution is -2.53. The minimum absolute atomic E-state index is 0.142. The summed E-state index contributed by atoms with van der Waals surface area (Å²) in [5, 5.41) is 11.4. The highest BCUT2D eigenvalue weighted by Crippen LogP contribution is 2.48. The molecule has 1 amide bonds. The van der Waals surface area contributed by atoms with Crippen LogP contribution in [-0.2, 0) is 10.4 Å². The van der Waals surface area contributed by atoms with Gasteiger partial charge in [0.15, 0.2) is 5.60 Å². The Bertz CT molecular complexity index is 603. The summed E-state index contributed by atoms with van der Waals surface area (Å²) in [6.45, 7) is 1.61. The molecule has 6 heteroatoms. The first-order chi connectivity index (χ1) is 11.9. The zero-order chi connectivity index (χ0) is 18.1. The molecule has 1 heterocycles. The summed E-state index contributed by atoms with van der Waals surface area (Å²) in [5.74, 6) is -3.66. The van der Waals surface area contributed by atoms with Gasteiger partial charge >= 0.3 is 0 Å². The van der Waals surface area contributed by atoms with Crippen molar-refractivity contribution in [2.75, 3.05) is 19.6 Å². The molecule has 1 saturated heterocycles. The molecular formula is C19H26F2N2O2. The number of hydrogen-bond acceptors (Lipinski definition) is 3. The molecule has 25 heavy (non-hydrogen) atoms. The lowest BCUT2D eigenvalue weighted by atomic mass is 9.78. The minimum Gasteiger partial charge on any atom is -0.375 e. The summed E-state index contributed by atoms with van der Waals surface area (Å²) < 4.78 is 27.6. The number of carbonyl (C=O) groups is 1. The van der Waals surface area contributed by atoms with Crippen molar-refractivity contribution in [2.24, 2.45) is 17.6 Å². The fourth-order valence-electron chi connectivity index (χ4n) is 4.15. The van der Waals surface area contributed by atoms with E-state index in [1.54, 1.807) is 35.2 Å². The summed E-state index contributed by atoms with van der Waals surface area (Å²) in [6, 6.07) is 8.54. The molecule has 0 radical (unpaired) electrons. The molecule has 2 fully saturated rings. The largest absolute Gasteiger partial charge is 0.375 e. The number of alkyl halides is 2. The van der Waals surface area contributed by atoms with Crippen LogP contribution < -0.4 is 5.73 Å². The lowest BCUT2D eigenvalue weighted by Gasteiger charge is -2.40. The first-order valence-corrected chi connectivity index (χ1v) is 9.02. The molecule has 3 rings (SSSR count). The van der Waals surface area contributed by atoms with E-state index < -0.39 is 29.8 Å². The predicted molar refractivity (Wildman–Crippen MR) is 91.0 cm³/mol. The number of rotatable bonds is 4. The smallest absolute Gasteiger partial charge is 0.259 e. The van der Waals surface area contributed by atoms with Gasteiger partial charge in [-0.1, -0.05) is 30.3 Å². The Hall–Kier alpha value is -1.53. The second kappa shape index (κ2) is 7.00. The molecule has 0 aromatic heterocycles. The average Bonchev–Trinajstić information content (AvgIpc) is 3.01. The number of piperidine rings is 1. The van der Waals surface area contributed by atoms with Gasteiger partial charge in [-0.2, -0.15) is 0 Å². The van der Waals surface area contributed by atoms with Crippen molar-refractivity contribution in [1.29, 1.82) is 0 Å². The number of amides is 1. The van der Waals surface area contributed by atoms with Crippen LogP contribution in [0.4, 0.5) is 8.78 Å². The predicted octanol–water partition coefficient (Wildman–Crippen LogP) is 2.51. The van der Waals surface area contributed by atoms with Gasteiger partial charge in [-0.05, 0) is 37.3 Å². The molecule has 138 valence electrons. The molecule has 4 nitrogen and oxygen atoms in total. The molecule has 1 aromatic rings. The Morgan fingerprint density at radius 3 is 2.40 bits per heavy atom. The quantitative estimate of drug-likeness (QED) is 0.875. The monoisotopic (exact) mass is 352 g/mol. The number of likely N-dealkylation sites (tertiary alicyclic amines) is 1. The van der Waals surface area contributed by atoms with E-state index >= 15 is 0 Å². The normalized spacial score (nSPS) is 26.4. The maximum absolute atomic E-state index is 13.8. The number of hydrogen-bond donors (Lipinski definition) is 2. The van der Waals surface area contributed by atoms with Crippen LogP contribution in [0.15, 0.2) is 30.3 Å². The Morgan fingerprint density at radius 2 is 1.88 bits per heavy atom. The number of benzene rings is 1. The highest BCUT2D eigenvalue weighted by Gasteiger charge is 2.54. The van der Waals surface area contributed by atoms with Crippen LogP contribution in [0, 0.1) is 11.8 Å². The standard InChI is InChI=1S/C19H26F2N2O2/c20-18(21)9-6-16(12-18)19(25,15-4-2-1-3-5-15)17(24)23-10-7-14(13-22)8-11-23/h1-5,14,16,25H,6-13,22H2. The van der Waals surface area contributed by atoms with Crippen LogP contribution in [0.3, 0.4) is 0 Å². The van der Waals surface area contributed by atoms with E-state index in [9.17, 15) is 18.7 Å². The Balaban J connectivity index is 1.88. The second-order valence-electron chi connectivity index (χ2n) is 7.40. The van der Waals surface area contributed by atoms with Gasteiger partial charge in [-0.3, -0.25) is 4.79 Å². The van der Waals surface area contributed by atoms with Crippen molar-refractivity contribution < 1.29 is 18.7 Å². The molecule has 3 N–H and O–H groups in total.